The molecule has 0 amide bonds. The molecule has 90 valence electrons. The molecule has 4 N–H and O–H groups in total. The SMILES string of the molecule is N[C@H](CCCO)c1c(Br)cc(Br)c(O)c1Br. The van der Waals surface area contributed by atoms with Gasteiger partial charge in [-0.15, -0.1) is 0 Å². The monoisotopic (exact) mass is 415 g/mol. The summed E-state index contributed by atoms with van der Waals surface area (Å²) in [4.78, 5) is 0. The van der Waals surface area contributed by atoms with E-state index in [9.17, 15) is 5.11 Å². The lowest BCUT2D eigenvalue weighted by molar-refractivity contribution is 0.279. The number of phenols is 1. The summed E-state index contributed by atoms with van der Waals surface area (Å²) < 4.78 is 2.01. The minimum absolute atomic E-state index is 0.117. The molecule has 0 spiro atoms. The van der Waals surface area contributed by atoms with Gasteiger partial charge in [-0.2, -0.15) is 0 Å². The van der Waals surface area contributed by atoms with Crippen LogP contribution in [0.1, 0.15) is 24.4 Å². The minimum Gasteiger partial charge on any atom is -0.506 e. The first-order valence-electron chi connectivity index (χ1n) is 4.71. The Morgan fingerprint density at radius 2 is 1.88 bits per heavy atom. The van der Waals surface area contributed by atoms with Gasteiger partial charge in [0.05, 0.1) is 8.95 Å². The molecule has 0 aliphatic heterocycles. The molecule has 0 saturated carbocycles. The van der Waals surface area contributed by atoms with Crippen LogP contribution in [-0.2, 0) is 0 Å². The van der Waals surface area contributed by atoms with Gasteiger partial charge in [0.2, 0.25) is 0 Å². The molecular weight excluding hydrogens is 406 g/mol. The van der Waals surface area contributed by atoms with Crippen LogP contribution in [0.3, 0.4) is 0 Å². The highest BCUT2D eigenvalue weighted by atomic mass is 79.9. The molecule has 0 saturated heterocycles. The maximum Gasteiger partial charge on any atom is 0.144 e. The Bertz CT molecular complexity index is 385. The first-order valence-corrected chi connectivity index (χ1v) is 7.09. The van der Waals surface area contributed by atoms with Crippen molar-refractivity contribution in [3.63, 3.8) is 0 Å². The summed E-state index contributed by atoms with van der Waals surface area (Å²) in [5.74, 6) is 0.137. The lowest BCUT2D eigenvalue weighted by Gasteiger charge is -2.17. The van der Waals surface area contributed by atoms with Gasteiger partial charge in [0, 0.05) is 22.7 Å². The number of aromatic hydroxyl groups is 1. The zero-order chi connectivity index (χ0) is 12.3. The normalized spacial score (nSPS) is 12.8. The molecule has 0 aliphatic rings. The topological polar surface area (TPSA) is 66.5 Å². The molecule has 0 bridgehead atoms. The van der Waals surface area contributed by atoms with Crippen LogP contribution in [0.5, 0.6) is 5.75 Å². The van der Waals surface area contributed by atoms with Gasteiger partial charge >= 0.3 is 0 Å². The van der Waals surface area contributed by atoms with Crippen LogP contribution in [-0.4, -0.2) is 16.8 Å². The highest BCUT2D eigenvalue weighted by Crippen LogP contribution is 2.42. The Morgan fingerprint density at radius 3 is 2.44 bits per heavy atom. The van der Waals surface area contributed by atoms with Crippen LogP contribution in [0.2, 0.25) is 0 Å². The van der Waals surface area contributed by atoms with Gasteiger partial charge in [-0.3, -0.25) is 0 Å². The number of hydrogen-bond donors (Lipinski definition) is 3. The molecule has 0 unspecified atom stereocenters. The van der Waals surface area contributed by atoms with Crippen molar-refractivity contribution < 1.29 is 10.2 Å². The quantitative estimate of drug-likeness (QED) is 0.703. The summed E-state index contributed by atoms with van der Waals surface area (Å²) in [7, 11) is 0. The fraction of sp³-hybridized carbons (Fsp3) is 0.400. The fourth-order valence-electron chi connectivity index (χ4n) is 1.39. The zero-order valence-corrected chi connectivity index (χ0v) is 13.1. The van der Waals surface area contributed by atoms with Crippen LogP contribution in [0.15, 0.2) is 19.5 Å². The van der Waals surface area contributed by atoms with Crippen LogP contribution in [0, 0.1) is 0 Å². The van der Waals surface area contributed by atoms with Crippen molar-refractivity contribution >= 4 is 47.8 Å². The third-order valence-corrected chi connectivity index (χ3v) is 4.29. The van der Waals surface area contributed by atoms with E-state index in [1.807, 2.05) is 0 Å². The number of rotatable bonds is 4. The summed E-state index contributed by atoms with van der Waals surface area (Å²) in [6.45, 7) is 0.117. The van der Waals surface area contributed by atoms with E-state index in [2.05, 4.69) is 47.8 Å². The molecule has 0 aliphatic carbocycles. The molecule has 16 heavy (non-hydrogen) atoms. The van der Waals surface area contributed by atoms with Gasteiger partial charge < -0.3 is 15.9 Å². The van der Waals surface area contributed by atoms with Crippen molar-refractivity contribution in [2.24, 2.45) is 5.73 Å². The molecule has 0 aromatic heterocycles. The van der Waals surface area contributed by atoms with Crippen LogP contribution >= 0.6 is 47.8 Å². The molecule has 6 heteroatoms. The summed E-state index contributed by atoms with van der Waals surface area (Å²) in [5, 5.41) is 18.5. The number of phenolic OH excluding ortho intramolecular Hbond substituents is 1. The van der Waals surface area contributed by atoms with E-state index in [1.54, 1.807) is 6.07 Å². The van der Waals surface area contributed by atoms with Crippen LogP contribution < -0.4 is 5.73 Å². The molecule has 0 fully saturated rings. The lowest BCUT2D eigenvalue weighted by atomic mass is 10.0. The van der Waals surface area contributed by atoms with Crippen molar-refractivity contribution in [1.29, 1.82) is 0 Å². The van der Waals surface area contributed by atoms with E-state index in [4.69, 9.17) is 10.8 Å². The van der Waals surface area contributed by atoms with E-state index in [-0.39, 0.29) is 18.4 Å². The average molecular weight is 418 g/mol. The highest BCUT2D eigenvalue weighted by molar-refractivity contribution is 9.11. The standard InChI is InChI=1S/C10H12Br3NO2/c11-5-4-6(12)10(16)9(13)8(5)7(14)2-1-3-15/h4,7,15-16H,1-3,14H2/t7-/m1/s1. The lowest BCUT2D eigenvalue weighted by Crippen LogP contribution is -2.12. The predicted octanol–water partition coefficient (Wildman–Crippen LogP) is 3.45. The van der Waals surface area contributed by atoms with Crippen LogP contribution in [0.4, 0.5) is 0 Å². The van der Waals surface area contributed by atoms with E-state index in [1.165, 1.54) is 0 Å². The summed E-state index contributed by atoms with van der Waals surface area (Å²) in [5.41, 5.74) is 6.82. The fourth-order valence-corrected chi connectivity index (χ4v) is 4.10. The molecule has 3 nitrogen and oxygen atoms in total. The van der Waals surface area contributed by atoms with Gasteiger partial charge in [-0.05, 0) is 50.8 Å². The molecule has 1 aromatic carbocycles. The third kappa shape index (κ3) is 3.20. The molecule has 0 heterocycles. The number of aliphatic hydroxyl groups excluding tert-OH is 1. The summed E-state index contributed by atoms with van der Waals surface area (Å²) in [6, 6.07) is 1.53. The number of halogens is 3. The van der Waals surface area contributed by atoms with Gasteiger partial charge in [-0.1, -0.05) is 15.9 Å². The van der Waals surface area contributed by atoms with E-state index in [0.717, 1.165) is 10.0 Å². The van der Waals surface area contributed by atoms with Crippen molar-refractivity contribution in [3.8, 4) is 5.75 Å². The molecule has 1 aromatic rings. The minimum atomic E-state index is -0.227. The van der Waals surface area contributed by atoms with E-state index >= 15 is 0 Å². The number of nitrogens with two attached hydrogens (primary N) is 1. The first kappa shape index (κ1) is 14.4. The maximum absolute atomic E-state index is 9.77. The Kier molecular flexibility index (Phi) is 5.73. The highest BCUT2D eigenvalue weighted by Gasteiger charge is 2.18. The number of benzene rings is 1. The van der Waals surface area contributed by atoms with E-state index < -0.39 is 0 Å². The maximum atomic E-state index is 9.77. The Balaban J connectivity index is 3.08. The van der Waals surface area contributed by atoms with Crippen molar-refractivity contribution in [2.75, 3.05) is 6.61 Å². The molecular formula is C10H12Br3NO2. The van der Waals surface area contributed by atoms with Crippen LogP contribution in [0.25, 0.3) is 0 Å². The van der Waals surface area contributed by atoms with Gasteiger partial charge in [-0.25, -0.2) is 0 Å². The smallest absolute Gasteiger partial charge is 0.144 e. The zero-order valence-electron chi connectivity index (χ0n) is 8.38. The molecule has 1 atom stereocenters. The number of aliphatic hydroxyl groups is 1. The number of hydrogen-bond acceptors (Lipinski definition) is 3. The predicted molar refractivity (Wildman–Crippen MR) is 74.5 cm³/mol. The molecule has 0 radical (unpaired) electrons. The Hall–Kier alpha value is 0.380. The Labute approximate surface area is 119 Å². The average Bonchev–Trinajstić information content (AvgIpc) is 2.23. The third-order valence-electron chi connectivity index (χ3n) is 2.23. The van der Waals surface area contributed by atoms with E-state index in [0.29, 0.717) is 21.8 Å². The van der Waals surface area contributed by atoms with Gasteiger partial charge in [0.1, 0.15) is 5.75 Å². The largest absolute Gasteiger partial charge is 0.506 e. The second kappa shape index (κ2) is 6.35. The van der Waals surface area contributed by atoms with Gasteiger partial charge in [0.15, 0.2) is 0 Å². The second-order valence-corrected chi connectivity index (χ2v) is 5.89. The van der Waals surface area contributed by atoms with Crippen molar-refractivity contribution in [1.82, 2.24) is 0 Å². The summed E-state index contributed by atoms with van der Waals surface area (Å²) in [6.07, 6.45) is 1.30. The first-order chi connectivity index (χ1) is 7.49. The van der Waals surface area contributed by atoms with Crippen molar-refractivity contribution in [3.05, 3.63) is 25.0 Å². The Morgan fingerprint density at radius 1 is 1.25 bits per heavy atom. The second-order valence-electron chi connectivity index (χ2n) is 3.39. The molecule has 1 rings (SSSR count). The van der Waals surface area contributed by atoms with Gasteiger partial charge in [0.25, 0.3) is 0 Å². The summed E-state index contributed by atoms with van der Waals surface area (Å²) >= 11 is 9.97. The van der Waals surface area contributed by atoms with Crippen molar-refractivity contribution in [2.45, 2.75) is 18.9 Å².